The van der Waals surface area contributed by atoms with Gasteiger partial charge in [-0.05, 0) is 34.1 Å². The summed E-state index contributed by atoms with van der Waals surface area (Å²) in [7, 11) is 1.65. The summed E-state index contributed by atoms with van der Waals surface area (Å²) in [6.45, 7) is 0.455. The van der Waals surface area contributed by atoms with E-state index in [4.69, 9.17) is 9.47 Å². The van der Waals surface area contributed by atoms with Gasteiger partial charge in [0.1, 0.15) is 11.6 Å². The summed E-state index contributed by atoms with van der Waals surface area (Å²) in [6.07, 6.45) is 8.34. The molecule has 0 fully saturated rings. The van der Waals surface area contributed by atoms with Crippen molar-refractivity contribution in [2.45, 2.75) is 6.42 Å². The van der Waals surface area contributed by atoms with Crippen molar-refractivity contribution in [1.82, 2.24) is 4.98 Å². The topological polar surface area (TPSA) is 55.7 Å². The molecule has 1 aliphatic rings. The van der Waals surface area contributed by atoms with Gasteiger partial charge in [-0.3, -0.25) is 0 Å². The fourth-order valence-electron chi connectivity index (χ4n) is 2.27. The van der Waals surface area contributed by atoms with Crippen molar-refractivity contribution in [2.24, 2.45) is 4.99 Å². The van der Waals surface area contributed by atoms with Gasteiger partial charge in [0.05, 0.1) is 12.3 Å². The Morgan fingerprint density at radius 2 is 2.08 bits per heavy atom. The third-order valence-electron chi connectivity index (χ3n) is 3.36. The maximum atomic E-state index is 5.97. The summed E-state index contributed by atoms with van der Waals surface area (Å²) < 4.78 is 12.0. The van der Waals surface area contributed by atoms with Crippen LogP contribution < -0.4 is 10.1 Å². The molecular weight excluding hydrogens is 382 g/mol. The van der Waals surface area contributed by atoms with Crippen molar-refractivity contribution in [3.05, 3.63) is 71.0 Å². The normalized spacial score (nSPS) is 13.7. The first-order chi connectivity index (χ1) is 12.2. The molecule has 25 heavy (non-hydrogen) atoms. The number of hydrogen-bond acceptors (Lipinski definition) is 5. The van der Waals surface area contributed by atoms with Crippen LogP contribution in [0.25, 0.3) is 0 Å². The molecule has 6 heteroatoms. The summed E-state index contributed by atoms with van der Waals surface area (Å²) in [6, 6.07) is 11.5. The van der Waals surface area contributed by atoms with Crippen molar-refractivity contribution in [2.75, 3.05) is 19.0 Å². The van der Waals surface area contributed by atoms with Gasteiger partial charge in [0.25, 0.3) is 0 Å². The summed E-state index contributed by atoms with van der Waals surface area (Å²) in [5.74, 6) is 2.75. The molecule has 3 rings (SSSR count). The van der Waals surface area contributed by atoms with Crippen LogP contribution in [0, 0.1) is 0 Å². The molecule has 0 aliphatic carbocycles. The zero-order chi connectivity index (χ0) is 17.5. The van der Waals surface area contributed by atoms with Crippen LogP contribution in [0.4, 0.5) is 5.82 Å². The third-order valence-corrected chi connectivity index (χ3v) is 3.79. The molecule has 1 aromatic heterocycles. The quantitative estimate of drug-likeness (QED) is 0.773. The fourth-order valence-corrected chi connectivity index (χ4v) is 2.58. The van der Waals surface area contributed by atoms with E-state index >= 15 is 0 Å². The van der Waals surface area contributed by atoms with Crippen LogP contribution in [0.5, 0.6) is 11.5 Å². The van der Waals surface area contributed by atoms with Gasteiger partial charge < -0.3 is 14.8 Å². The minimum atomic E-state index is 0.455. The molecule has 5 nitrogen and oxygen atoms in total. The number of allylic oxidation sites excluding steroid dienone is 2. The van der Waals surface area contributed by atoms with E-state index in [1.807, 2.05) is 54.6 Å². The first kappa shape index (κ1) is 17.4. The van der Waals surface area contributed by atoms with Gasteiger partial charge in [0.15, 0.2) is 11.6 Å². The van der Waals surface area contributed by atoms with E-state index in [0.29, 0.717) is 24.6 Å². The molecule has 0 saturated carbocycles. The average molecular weight is 400 g/mol. The van der Waals surface area contributed by atoms with Crippen molar-refractivity contribution >= 4 is 27.6 Å². The Morgan fingerprint density at radius 1 is 1.24 bits per heavy atom. The van der Waals surface area contributed by atoms with E-state index in [1.165, 1.54) is 0 Å². The predicted octanol–water partition coefficient (Wildman–Crippen LogP) is 4.94. The molecule has 2 aromatic rings. The molecule has 1 N–H and O–H groups in total. The lowest BCUT2D eigenvalue weighted by Gasteiger charge is -2.13. The van der Waals surface area contributed by atoms with Crippen LogP contribution in [0.1, 0.15) is 6.42 Å². The smallest absolute Gasteiger partial charge is 0.174 e. The lowest BCUT2D eigenvalue weighted by Crippen LogP contribution is -2.13. The number of hydrogen-bond donors (Lipinski definition) is 1. The lowest BCUT2D eigenvalue weighted by molar-refractivity contribution is 0.225. The number of aliphatic imine (C=N–C) groups is 1. The number of methoxy groups -OCH3 is 1. The highest BCUT2D eigenvalue weighted by Crippen LogP contribution is 2.30. The number of amidine groups is 1. The Kier molecular flexibility index (Phi) is 5.98. The monoisotopic (exact) mass is 399 g/mol. The van der Waals surface area contributed by atoms with Gasteiger partial charge in [-0.15, -0.1) is 0 Å². The second-order valence-electron chi connectivity index (χ2n) is 5.32. The highest BCUT2D eigenvalue weighted by molar-refractivity contribution is 9.10. The van der Waals surface area contributed by atoms with Gasteiger partial charge in [-0.1, -0.05) is 30.4 Å². The van der Waals surface area contributed by atoms with Crippen LogP contribution in [-0.4, -0.2) is 24.5 Å². The zero-order valence-electron chi connectivity index (χ0n) is 13.8. The molecule has 0 spiro atoms. The Labute approximate surface area is 155 Å². The second-order valence-corrected chi connectivity index (χ2v) is 6.24. The van der Waals surface area contributed by atoms with E-state index in [1.54, 1.807) is 13.3 Å². The Bertz CT molecular complexity index is 817. The molecule has 0 amide bonds. The van der Waals surface area contributed by atoms with Gasteiger partial charge in [0.2, 0.25) is 0 Å². The van der Waals surface area contributed by atoms with Crippen molar-refractivity contribution in [3.8, 4) is 11.5 Å². The number of ether oxygens (including phenoxy) is 2. The molecule has 0 unspecified atom stereocenters. The molecule has 2 heterocycles. The van der Waals surface area contributed by atoms with Gasteiger partial charge in [0, 0.05) is 30.3 Å². The highest BCUT2D eigenvalue weighted by Gasteiger charge is 2.11. The summed E-state index contributed by atoms with van der Waals surface area (Å²) in [4.78, 5) is 9.03. The number of aromatic nitrogens is 1. The van der Waals surface area contributed by atoms with Gasteiger partial charge in [-0.2, -0.15) is 0 Å². The largest absolute Gasteiger partial charge is 0.453 e. The molecule has 1 aromatic carbocycles. The number of anilines is 1. The minimum Gasteiger partial charge on any atom is -0.453 e. The SMILES string of the molecule is COCC1=CC=CCC(Nc2ncc(Br)cc2Oc2ccccc2)=N1. The summed E-state index contributed by atoms with van der Waals surface area (Å²) in [5, 5.41) is 3.27. The lowest BCUT2D eigenvalue weighted by atomic mass is 10.3. The highest BCUT2D eigenvalue weighted by atomic mass is 79.9. The standard InChI is InChI=1S/C19H18BrN3O2/c1-24-13-15-7-5-6-10-18(22-15)23-19-17(11-14(20)12-21-19)25-16-8-3-2-4-9-16/h2-9,11-12H,10,13H2,1H3,(H,21,22,23). The number of nitrogens with zero attached hydrogens (tertiary/aromatic N) is 2. The third kappa shape index (κ3) is 5.01. The molecule has 0 radical (unpaired) electrons. The number of benzene rings is 1. The zero-order valence-corrected chi connectivity index (χ0v) is 15.4. The number of pyridine rings is 1. The maximum Gasteiger partial charge on any atom is 0.174 e. The van der Waals surface area contributed by atoms with Crippen LogP contribution in [0.15, 0.2) is 76.0 Å². The molecule has 1 aliphatic heterocycles. The van der Waals surface area contributed by atoms with E-state index in [-0.39, 0.29) is 0 Å². The number of rotatable bonds is 5. The van der Waals surface area contributed by atoms with Crippen LogP contribution >= 0.6 is 15.9 Å². The molecule has 0 bridgehead atoms. The Morgan fingerprint density at radius 3 is 2.88 bits per heavy atom. The number of nitrogens with one attached hydrogen (secondary N) is 1. The molecule has 128 valence electrons. The minimum absolute atomic E-state index is 0.455. The van der Waals surface area contributed by atoms with Crippen LogP contribution in [-0.2, 0) is 4.74 Å². The molecular formula is C19H18BrN3O2. The van der Waals surface area contributed by atoms with E-state index < -0.39 is 0 Å². The molecule has 0 saturated heterocycles. The van der Waals surface area contributed by atoms with Gasteiger partial charge in [-0.25, -0.2) is 9.98 Å². The maximum absolute atomic E-state index is 5.97. The summed E-state index contributed by atoms with van der Waals surface area (Å²) >= 11 is 3.44. The first-order valence-electron chi connectivity index (χ1n) is 7.82. The Hall–Kier alpha value is -2.44. The van der Waals surface area contributed by atoms with Gasteiger partial charge >= 0.3 is 0 Å². The fraction of sp³-hybridized carbons (Fsp3) is 0.158. The average Bonchev–Trinajstić information content (AvgIpc) is 2.84. The van der Waals surface area contributed by atoms with E-state index in [2.05, 4.69) is 31.2 Å². The van der Waals surface area contributed by atoms with Crippen molar-refractivity contribution in [3.63, 3.8) is 0 Å². The van der Waals surface area contributed by atoms with Crippen molar-refractivity contribution in [1.29, 1.82) is 0 Å². The van der Waals surface area contributed by atoms with Crippen LogP contribution in [0.2, 0.25) is 0 Å². The molecule has 0 atom stereocenters. The van der Waals surface area contributed by atoms with Crippen molar-refractivity contribution < 1.29 is 9.47 Å². The predicted molar refractivity (Wildman–Crippen MR) is 103 cm³/mol. The van der Waals surface area contributed by atoms with Crippen LogP contribution in [0.3, 0.4) is 0 Å². The Balaban J connectivity index is 1.85. The number of para-hydroxylation sites is 1. The summed E-state index contributed by atoms with van der Waals surface area (Å²) in [5.41, 5.74) is 0.849. The second kappa shape index (κ2) is 8.60. The first-order valence-corrected chi connectivity index (χ1v) is 8.61. The van der Waals surface area contributed by atoms with E-state index in [0.717, 1.165) is 21.8 Å². The van der Waals surface area contributed by atoms with E-state index in [9.17, 15) is 0 Å². The number of halogens is 1.